The van der Waals surface area contributed by atoms with Gasteiger partial charge in [0.15, 0.2) is 0 Å². The Morgan fingerprint density at radius 2 is 1.96 bits per heavy atom. The average Bonchev–Trinajstić information content (AvgIpc) is 3.08. The van der Waals surface area contributed by atoms with Gasteiger partial charge in [-0.05, 0) is 23.6 Å². The van der Waals surface area contributed by atoms with Gasteiger partial charge in [0, 0.05) is 31.5 Å². The maximum atomic E-state index is 12.5. The van der Waals surface area contributed by atoms with E-state index in [0.29, 0.717) is 6.54 Å². The van der Waals surface area contributed by atoms with Gasteiger partial charge in [-0.25, -0.2) is 0 Å². The highest BCUT2D eigenvalue weighted by atomic mass is 16.1. The molecule has 0 bridgehead atoms. The summed E-state index contributed by atoms with van der Waals surface area (Å²) >= 11 is 0. The zero-order chi connectivity index (χ0) is 17.6. The summed E-state index contributed by atoms with van der Waals surface area (Å²) in [4.78, 5) is 17.0. The highest BCUT2D eigenvalue weighted by Crippen LogP contribution is 2.20. The Balaban J connectivity index is 1.62. The molecule has 25 heavy (non-hydrogen) atoms. The third-order valence-electron chi connectivity index (χ3n) is 4.22. The van der Waals surface area contributed by atoms with Crippen LogP contribution in [0.1, 0.15) is 30.4 Å². The quantitative estimate of drug-likeness (QED) is 0.752. The molecule has 0 aliphatic rings. The van der Waals surface area contributed by atoms with Gasteiger partial charge in [-0.1, -0.05) is 43.3 Å². The summed E-state index contributed by atoms with van der Waals surface area (Å²) < 4.78 is 1.75. The number of carbonyl (C=O) groups is 1. The predicted molar refractivity (Wildman–Crippen MR) is 97.8 cm³/mol. The first-order valence-electron chi connectivity index (χ1n) is 8.44. The smallest absolute Gasteiger partial charge is 0.227 e. The molecule has 0 fully saturated rings. The van der Waals surface area contributed by atoms with E-state index in [1.54, 1.807) is 17.1 Å². The first-order chi connectivity index (χ1) is 12.2. The molecule has 0 aliphatic heterocycles. The largest absolute Gasteiger partial charge is 0.351 e. The molecule has 0 saturated heterocycles. The molecule has 0 radical (unpaired) electrons. The third kappa shape index (κ3) is 4.12. The lowest BCUT2D eigenvalue weighted by atomic mass is 9.95. The fraction of sp³-hybridized carbons (Fsp3) is 0.250. The molecule has 0 unspecified atom stereocenters. The monoisotopic (exact) mass is 334 g/mol. The standard InChI is InChI=1S/C20H22N4O/c1-3-18(16-7-5-4-6-8-16)20(25)22-12-15-9-10-19(21-11-15)17-13-23-24(2)14-17/h4-11,13-14,18H,3,12H2,1-2H3,(H,22,25)/t18-/m0/s1. The number of nitrogens with one attached hydrogen (secondary N) is 1. The summed E-state index contributed by atoms with van der Waals surface area (Å²) in [5.74, 6) is -0.0751. The Morgan fingerprint density at radius 1 is 1.16 bits per heavy atom. The molecule has 0 spiro atoms. The van der Waals surface area contributed by atoms with Crippen molar-refractivity contribution in [2.75, 3.05) is 0 Å². The lowest BCUT2D eigenvalue weighted by molar-refractivity contribution is -0.122. The minimum Gasteiger partial charge on any atom is -0.351 e. The summed E-state index contributed by atoms with van der Waals surface area (Å²) in [6.07, 6.45) is 6.28. The zero-order valence-corrected chi connectivity index (χ0v) is 14.5. The summed E-state index contributed by atoms with van der Waals surface area (Å²) in [5, 5.41) is 7.17. The van der Waals surface area contributed by atoms with Gasteiger partial charge in [0.05, 0.1) is 17.8 Å². The molecule has 3 aromatic rings. The first-order valence-corrected chi connectivity index (χ1v) is 8.44. The van der Waals surface area contributed by atoms with Crippen LogP contribution in [0.25, 0.3) is 11.3 Å². The number of aromatic nitrogens is 3. The maximum Gasteiger partial charge on any atom is 0.227 e. The van der Waals surface area contributed by atoms with Crippen LogP contribution in [-0.2, 0) is 18.4 Å². The Kier molecular flexibility index (Phi) is 5.23. The number of pyridine rings is 1. The van der Waals surface area contributed by atoms with Crippen LogP contribution in [0.4, 0.5) is 0 Å². The van der Waals surface area contributed by atoms with E-state index < -0.39 is 0 Å². The second kappa shape index (κ2) is 7.75. The Bertz CT molecular complexity index is 824. The number of amides is 1. The van der Waals surface area contributed by atoms with Crippen LogP contribution >= 0.6 is 0 Å². The van der Waals surface area contributed by atoms with Crippen molar-refractivity contribution in [1.82, 2.24) is 20.1 Å². The van der Waals surface area contributed by atoms with Crippen LogP contribution in [0.3, 0.4) is 0 Å². The van der Waals surface area contributed by atoms with E-state index in [4.69, 9.17) is 0 Å². The predicted octanol–water partition coefficient (Wildman–Crippen LogP) is 3.29. The van der Waals surface area contributed by atoms with Gasteiger partial charge in [0.2, 0.25) is 5.91 Å². The van der Waals surface area contributed by atoms with E-state index in [-0.39, 0.29) is 11.8 Å². The minimum absolute atomic E-state index is 0.0463. The van der Waals surface area contributed by atoms with Crippen LogP contribution in [0.5, 0.6) is 0 Å². The van der Waals surface area contributed by atoms with Gasteiger partial charge < -0.3 is 5.32 Å². The topological polar surface area (TPSA) is 59.8 Å². The van der Waals surface area contributed by atoms with Gasteiger partial charge in [-0.15, -0.1) is 0 Å². The van der Waals surface area contributed by atoms with Crippen LogP contribution in [0, 0.1) is 0 Å². The highest BCUT2D eigenvalue weighted by Gasteiger charge is 2.17. The molecule has 2 aromatic heterocycles. The van der Waals surface area contributed by atoms with Gasteiger partial charge in [0.25, 0.3) is 0 Å². The maximum absolute atomic E-state index is 12.5. The van der Waals surface area contributed by atoms with Gasteiger partial charge in [-0.3, -0.25) is 14.5 Å². The van der Waals surface area contributed by atoms with Crippen molar-refractivity contribution in [3.8, 4) is 11.3 Å². The summed E-state index contributed by atoms with van der Waals surface area (Å²) in [6.45, 7) is 2.50. The Morgan fingerprint density at radius 3 is 2.56 bits per heavy atom. The summed E-state index contributed by atoms with van der Waals surface area (Å²) in [5.41, 5.74) is 3.88. The van der Waals surface area contributed by atoms with Crippen LogP contribution < -0.4 is 5.32 Å². The van der Waals surface area contributed by atoms with Crippen molar-refractivity contribution in [2.45, 2.75) is 25.8 Å². The molecule has 1 aromatic carbocycles. The molecule has 3 rings (SSSR count). The first kappa shape index (κ1) is 16.9. The average molecular weight is 334 g/mol. The normalized spacial score (nSPS) is 11.9. The molecule has 1 N–H and O–H groups in total. The number of aryl methyl sites for hydroxylation is 1. The molecule has 5 nitrogen and oxygen atoms in total. The minimum atomic E-state index is -0.121. The lowest BCUT2D eigenvalue weighted by Crippen LogP contribution is -2.28. The Labute approximate surface area is 147 Å². The second-order valence-electron chi connectivity index (χ2n) is 6.04. The molecular formula is C20H22N4O. The van der Waals surface area contributed by atoms with E-state index >= 15 is 0 Å². The van der Waals surface area contributed by atoms with E-state index in [9.17, 15) is 4.79 Å². The molecule has 2 heterocycles. The van der Waals surface area contributed by atoms with Crippen molar-refractivity contribution in [2.24, 2.45) is 7.05 Å². The van der Waals surface area contributed by atoms with Gasteiger partial charge >= 0.3 is 0 Å². The molecule has 5 heteroatoms. The Hall–Kier alpha value is -2.95. The SMILES string of the molecule is CC[C@H](C(=O)NCc1ccc(-c2cnn(C)c2)nc1)c1ccccc1. The van der Waals surface area contributed by atoms with Gasteiger partial charge in [-0.2, -0.15) is 5.10 Å². The number of rotatable bonds is 6. The molecule has 128 valence electrons. The second-order valence-corrected chi connectivity index (χ2v) is 6.04. The fourth-order valence-corrected chi connectivity index (χ4v) is 2.82. The van der Waals surface area contributed by atoms with E-state index in [0.717, 1.165) is 28.8 Å². The number of hydrogen-bond acceptors (Lipinski definition) is 3. The van der Waals surface area contributed by atoms with E-state index in [1.165, 1.54) is 0 Å². The van der Waals surface area contributed by atoms with Crippen LogP contribution in [-0.4, -0.2) is 20.7 Å². The number of nitrogens with zero attached hydrogens (tertiary/aromatic N) is 3. The summed E-state index contributed by atoms with van der Waals surface area (Å²) in [6, 6.07) is 13.8. The van der Waals surface area contributed by atoms with Crippen molar-refractivity contribution in [3.05, 3.63) is 72.2 Å². The molecule has 0 saturated carbocycles. The molecular weight excluding hydrogens is 312 g/mol. The van der Waals surface area contributed by atoms with E-state index in [2.05, 4.69) is 15.4 Å². The molecule has 1 atom stereocenters. The fourth-order valence-electron chi connectivity index (χ4n) is 2.82. The van der Waals surface area contributed by atoms with Crippen LogP contribution in [0.15, 0.2) is 61.1 Å². The third-order valence-corrected chi connectivity index (χ3v) is 4.22. The molecule has 0 aliphatic carbocycles. The zero-order valence-electron chi connectivity index (χ0n) is 14.5. The van der Waals surface area contributed by atoms with E-state index in [1.807, 2.05) is 62.6 Å². The highest BCUT2D eigenvalue weighted by molar-refractivity contribution is 5.83. The van der Waals surface area contributed by atoms with Gasteiger partial charge in [0.1, 0.15) is 0 Å². The van der Waals surface area contributed by atoms with Crippen LogP contribution in [0.2, 0.25) is 0 Å². The summed E-state index contributed by atoms with van der Waals surface area (Å²) in [7, 11) is 1.88. The lowest BCUT2D eigenvalue weighted by Gasteiger charge is -2.15. The number of carbonyl (C=O) groups excluding carboxylic acids is 1. The molecule has 1 amide bonds. The number of benzene rings is 1. The van der Waals surface area contributed by atoms with Crippen molar-refractivity contribution in [1.29, 1.82) is 0 Å². The van der Waals surface area contributed by atoms with Crippen molar-refractivity contribution in [3.63, 3.8) is 0 Å². The van der Waals surface area contributed by atoms with Crippen molar-refractivity contribution >= 4 is 5.91 Å². The number of hydrogen-bond donors (Lipinski definition) is 1. The van der Waals surface area contributed by atoms with Crippen molar-refractivity contribution < 1.29 is 4.79 Å².